The molecular weight excluding hydrogens is 1200 g/mol. The number of carbonyl (C=O) groups is 4. The third-order valence-electron chi connectivity index (χ3n) is 16.7. The molecule has 0 aliphatic rings. The molecular formula is C72H136O17P2. The van der Waals surface area contributed by atoms with Crippen LogP contribution >= 0.6 is 15.6 Å². The average Bonchev–Trinajstić information content (AvgIpc) is 3.70. The Morgan fingerprint density at radius 1 is 0.363 bits per heavy atom. The molecule has 536 valence electrons. The van der Waals surface area contributed by atoms with Crippen molar-refractivity contribution in [2.45, 2.75) is 356 Å². The molecule has 0 aliphatic heterocycles. The van der Waals surface area contributed by atoms with E-state index in [1.807, 2.05) is 0 Å². The Labute approximate surface area is 554 Å². The second kappa shape index (κ2) is 62.4. The van der Waals surface area contributed by atoms with Crippen molar-refractivity contribution in [2.24, 2.45) is 17.8 Å². The molecule has 0 fully saturated rings. The topological polar surface area (TPSA) is 237 Å². The van der Waals surface area contributed by atoms with E-state index in [4.69, 9.17) is 37.0 Å². The number of esters is 4. The summed E-state index contributed by atoms with van der Waals surface area (Å²) < 4.78 is 68.3. The summed E-state index contributed by atoms with van der Waals surface area (Å²) in [5, 5.41) is 10.6. The monoisotopic (exact) mass is 1330 g/mol. The predicted molar refractivity (Wildman–Crippen MR) is 367 cm³/mol. The van der Waals surface area contributed by atoms with Crippen LogP contribution < -0.4 is 0 Å². The summed E-state index contributed by atoms with van der Waals surface area (Å²) in [5.41, 5.74) is 0. The van der Waals surface area contributed by atoms with E-state index in [0.717, 1.165) is 121 Å². The molecule has 0 aliphatic carbocycles. The molecule has 0 aromatic carbocycles. The van der Waals surface area contributed by atoms with Crippen LogP contribution in [0.2, 0.25) is 0 Å². The van der Waals surface area contributed by atoms with Crippen molar-refractivity contribution >= 4 is 39.5 Å². The van der Waals surface area contributed by atoms with Gasteiger partial charge in [0, 0.05) is 25.7 Å². The number of ether oxygens (including phenoxy) is 4. The Morgan fingerprint density at radius 2 is 0.648 bits per heavy atom. The van der Waals surface area contributed by atoms with Crippen LogP contribution in [0.25, 0.3) is 0 Å². The van der Waals surface area contributed by atoms with Crippen molar-refractivity contribution < 1.29 is 80.2 Å². The van der Waals surface area contributed by atoms with Crippen molar-refractivity contribution in [2.75, 3.05) is 39.6 Å². The maximum absolute atomic E-state index is 13.0. The van der Waals surface area contributed by atoms with Gasteiger partial charge in [-0.1, -0.05) is 285 Å². The lowest BCUT2D eigenvalue weighted by Crippen LogP contribution is -2.30. The molecule has 7 atom stereocenters. The molecule has 0 amide bonds. The fraction of sp³-hybridized carbons (Fsp3) is 0.889. The van der Waals surface area contributed by atoms with Crippen molar-refractivity contribution in [3.8, 4) is 0 Å². The summed E-state index contributed by atoms with van der Waals surface area (Å²) in [6.45, 7) is 11.8. The summed E-state index contributed by atoms with van der Waals surface area (Å²) in [5.74, 6) is 0.124. The third kappa shape index (κ3) is 63.4. The highest BCUT2D eigenvalue weighted by molar-refractivity contribution is 7.47. The lowest BCUT2D eigenvalue weighted by atomic mass is 9.99. The normalized spacial score (nSPS) is 14.9. The minimum atomic E-state index is -4.96. The van der Waals surface area contributed by atoms with Crippen molar-refractivity contribution in [3.63, 3.8) is 0 Å². The Bertz CT molecular complexity index is 1880. The number of hydrogen-bond donors (Lipinski definition) is 3. The van der Waals surface area contributed by atoms with E-state index < -0.39 is 97.5 Å². The van der Waals surface area contributed by atoms with Gasteiger partial charge in [-0.05, 0) is 69.1 Å². The fourth-order valence-corrected chi connectivity index (χ4v) is 11.9. The highest BCUT2D eigenvalue weighted by Gasteiger charge is 2.30. The Hall–Kier alpha value is -2.46. The number of phosphoric acid groups is 2. The zero-order valence-electron chi connectivity index (χ0n) is 58.8. The first kappa shape index (κ1) is 88.5. The van der Waals surface area contributed by atoms with Crippen LogP contribution in [0.3, 0.4) is 0 Å². The molecule has 17 nitrogen and oxygen atoms in total. The quantitative estimate of drug-likeness (QED) is 0.0169. The van der Waals surface area contributed by atoms with E-state index in [1.165, 1.54) is 128 Å². The number of hydrogen-bond acceptors (Lipinski definition) is 15. The van der Waals surface area contributed by atoms with Gasteiger partial charge in [0.05, 0.1) is 26.4 Å². The van der Waals surface area contributed by atoms with Gasteiger partial charge in [0.15, 0.2) is 12.2 Å². The molecule has 0 radical (unpaired) electrons. The SMILES string of the molecule is CCCCCC/C=C\C=C/CCCCCCCC(=O)O[C@H](COC(=O)CCCCCCCCCCC(C)CC)COP(=O)(O)OCC(O)COP(=O)(O)OC[C@@H](COC(=O)CCCCCCCCCC(C)C)OC(=O)CCCCCCCCCCCCC(C)CC. The predicted octanol–water partition coefficient (Wildman–Crippen LogP) is 20.2. The highest BCUT2D eigenvalue weighted by atomic mass is 31.2. The lowest BCUT2D eigenvalue weighted by molar-refractivity contribution is -0.161. The van der Waals surface area contributed by atoms with Gasteiger partial charge in [0.25, 0.3) is 0 Å². The molecule has 19 heteroatoms. The van der Waals surface area contributed by atoms with Crippen LogP contribution in [0.4, 0.5) is 0 Å². The lowest BCUT2D eigenvalue weighted by Gasteiger charge is -2.21. The number of unbranched alkanes of at least 4 members (excludes halogenated alkanes) is 31. The molecule has 91 heavy (non-hydrogen) atoms. The van der Waals surface area contributed by atoms with Crippen LogP contribution in [-0.4, -0.2) is 96.7 Å². The van der Waals surface area contributed by atoms with Crippen molar-refractivity contribution in [1.82, 2.24) is 0 Å². The van der Waals surface area contributed by atoms with E-state index in [1.54, 1.807) is 0 Å². The summed E-state index contributed by atoms with van der Waals surface area (Å²) in [4.78, 5) is 72.6. The second-order valence-corrected chi connectivity index (χ2v) is 29.2. The van der Waals surface area contributed by atoms with Gasteiger partial charge in [-0.15, -0.1) is 0 Å². The first-order valence-corrected chi connectivity index (χ1v) is 39.7. The van der Waals surface area contributed by atoms with Crippen molar-refractivity contribution in [1.29, 1.82) is 0 Å². The van der Waals surface area contributed by atoms with Gasteiger partial charge in [0.2, 0.25) is 0 Å². The highest BCUT2D eigenvalue weighted by Crippen LogP contribution is 2.45. The summed E-state index contributed by atoms with van der Waals surface area (Å²) >= 11 is 0. The number of carbonyl (C=O) groups excluding carboxylic acids is 4. The molecule has 0 bridgehead atoms. The molecule has 0 heterocycles. The minimum absolute atomic E-state index is 0.0841. The Balaban J connectivity index is 5.30. The number of aliphatic hydroxyl groups excluding tert-OH is 1. The van der Waals surface area contributed by atoms with Crippen LogP contribution in [-0.2, 0) is 65.4 Å². The number of aliphatic hydroxyl groups is 1. The van der Waals surface area contributed by atoms with E-state index in [-0.39, 0.29) is 25.7 Å². The molecule has 5 unspecified atom stereocenters. The Morgan fingerprint density at radius 3 is 0.978 bits per heavy atom. The van der Waals surface area contributed by atoms with E-state index in [0.29, 0.717) is 31.6 Å². The standard InChI is InChI=1S/C72H136O17P2/c1-8-11-12-13-14-15-16-17-18-19-20-24-33-41-48-55-71(76)88-67(59-82-69(74)53-46-39-32-27-26-31-38-45-52-65(7)10-3)61-86-90(78,79)84-57-66(73)58-85-91(80,81)87-62-68(60-83-70(75)54-47-40-35-28-29-36-43-50-63(4)5)89-72(77)56-49-42-34-25-22-21-23-30-37-44-51-64(6)9-2/h15-18,63-68,73H,8-14,19-62H2,1-7H3,(H,78,79)(H,80,81)/b16-15-,18-17-/t64?,65?,66?,67-,68-/m1/s1. The summed E-state index contributed by atoms with van der Waals surface area (Å²) in [6.07, 6.45) is 49.3. The molecule has 0 aromatic heterocycles. The molecule has 0 spiro atoms. The van der Waals surface area contributed by atoms with Gasteiger partial charge >= 0.3 is 39.5 Å². The van der Waals surface area contributed by atoms with Crippen molar-refractivity contribution in [3.05, 3.63) is 24.3 Å². The summed E-state index contributed by atoms with van der Waals surface area (Å²) in [7, 11) is -9.92. The third-order valence-corrected chi connectivity index (χ3v) is 18.6. The maximum atomic E-state index is 13.0. The van der Waals surface area contributed by atoms with E-state index in [2.05, 4.69) is 72.8 Å². The maximum Gasteiger partial charge on any atom is 0.472 e. The first-order valence-electron chi connectivity index (χ1n) is 36.7. The van der Waals surface area contributed by atoms with Crippen LogP contribution in [0.15, 0.2) is 24.3 Å². The number of rotatable bonds is 68. The van der Waals surface area contributed by atoms with Gasteiger partial charge in [-0.3, -0.25) is 37.3 Å². The van der Waals surface area contributed by atoms with E-state index in [9.17, 15) is 43.2 Å². The molecule has 0 rings (SSSR count). The van der Waals surface area contributed by atoms with Gasteiger partial charge < -0.3 is 33.8 Å². The Kier molecular flexibility index (Phi) is 60.7. The smallest absolute Gasteiger partial charge is 0.462 e. The zero-order chi connectivity index (χ0) is 67.3. The molecule has 0 saturated carbocycles. The fourth-order valence-electron chi connectivity index (χ4n) is 10.3. The first-order chi connectivity index (χ1) is 43.8. The largest absolute Gasteiger partial charge is 0.472 e. The second-order valence-electron chi connectivity index (χ2n) is 26.3. The van der Waals surface area contributed by atoms with Crippen LogP contribution in [0, 0.1) is 17.8 Å². The molecule has 0 saturated heterocycles. The van der Waals surface area contributed by atoms with E-state index >= 15 is 0 Å². The average molecular weight is 1340 g/mol. The zero-order valence-corrected chi connectivity index (χ0v) is 60.6. The minimum Gasteiger partial charge on any atom is -0.462 e. The number of allylic oxidation sites excluding steroid dienone is 4. The van der Waals surface area contributed by atoms with Crippen LogP contribution in [0.1, 0.15) is 337 Å². The number of phosphoric ester groups is 2. The molecule has 3 N–H and O–H groups in total. The van der Waals surface area contributed by atoms with Gasteiger partial charge in [-0.2, -0.15) is 0 Å². The van der Waals surface area contributed by atoms with Gasteiger partial charge in [-0.25, -0.2) is 9.13 Å². The summed E-state index contributed by atoms with van der Waals surface area (Å²) in [6, 6.07) is 0. The van der Waals surface area contributed by atoms with Crippen LogP contribution in [0.5, 0.6) is 0 Å². The van der Waals surface area contributed by atoms with Gasteiger partial charge in [0.1, 0.15) is 19.3 Å². The molecule has 0 aromatic rings.